The summed E-state index contributed by atoms with van der Waals surface area (Å²) in [4.78, 5) is 12.1. The SMILES string of the molecule is Cc1c(CC(=O)SN2CCOCC2)oc2ccccc12. The second-order valence-corrected chi connectivity index (χ2v) is 5.98. The van der Waals surface area contributed by atoms with Gasteiger partial charge in [0.05, 0.1) is 19.6 Å². The molecular formula is C15H17NO3S. The van der Waals surface area contributed by atoms with Crippen molar-refractivity contribution in [3.05, 3.63) is 35.6 Å². The third-order valence-corrected chi connectivity index (χ3v) is 4.42. The number of benzene rings is 1. The van der Waals surface area contributed by atoms with Crippen molar-refractivity contribution in [3.8, 4) is 0 Å². The summed E-state index contributed by atoms with van der Waals surface area (Å²) in [5.74, 6) is 0.775. The Morgan fingerprint density at radius 2 is 2.05 bits per heavy atom. The molecule has 0 atom stereocenters. The van der Waals surface area contributed by atoms with Gasteiger partial charge in [0.25, 0.3) is 0 Å². The largest absolute Gasteiger partial charge is 0.460 e. The maximum atomic E-state index is 12.1. The van der Waals surface area contributed by atoms with Crippen LogP contribution in [0.3, 0.4) is 0 Å². The van der Waals surface area contributed by atoms with E-state index in [4.69, 9.17) is 9.15 Å². The van der Waals surface area contributed by atoms with Crippen molar-refractivity contribution in [2.45, 2.75) is 13.3 Å². The highest BCUT2D eigenvalue weighted by Gasteiger charge is 2.18. The topological polar surface area (TPSA) is 42.7 Å². The molecule has 1 aliphatic rings. The molecule has 0 bridgehead atoms. The zero-order valence-electron chi connectivity index (χ0n) is 11.4. The van der Waals surface area contributed by atoms with E-state index in [0.717, 1.165) is 35.4 Å². The smallest absolute Gasteiger partial charge is 0.211 e. The number of carbonyl (C=O) groups is 1. The van der Waals surface area contributed by atoms with E-state index in [-0.39, 0.29) is 5.12 Å². The molecule has 5 heteroatoms. The maximum Gasteiger partial charge on any atom is 0.211 e. The highest BCUT2D eigenvalue weighted by Crippen LogP contribution is 2.26. The molecule has 3 rings (SSSR count). The molecule has 1 saturated heterocycles. The van der Waals surface area contributed by atoms with Gasteiger partial charge in [-0.15, -0.1) is 0 Å². The molecule has 20 heavy (non-hydrogen) atoms. The van der Waals surface area contributed by atoms with Crippen LogP contribution in [0.2, 0.25) is 0 Å². The Labute approximate surface area is 122 Å². The summed E-state index contributed by atoms with van der Waals surface area (Å²) >= 11 is 1.29. The summed E-state index contributed by atoms with van der Waals surface area (Å²) in [6.07, 6.45) is 0.336. The molecule has 1 aromatic heterocycles. The van der Waals surface area contributed by atoms with E-state index in [1.54, 1.807) is 0 Å². The summed E-state index contributed by atoms with van der Waals surface area (Å²) in [6, 6.07) is 7.89. The number of aryl methyl sites for hydroxylation is 1. The molecule has 1 aliphatic heterocycles. The first-order valence-electron chi connectivity index (χ1n) is 6.74. The van der Waals surface area contributed by atoms with Crippen LogP contribution in [0.1, 0.15) is 11.3 Å². The molecule has 0 spiro atoms. The molecule has 2 aromatic rings. The van der Waals surface area contributed by atoms with E-state index in [1.165, 1.54) is 11.9 Å². The fourth-order valence-corrected chi connectivity index (χ4v) is 3.15. The van der Waals surface area contributed by atoms with Crippen molar-refractivity contribution in [1.82, 2.24) is 4.31 Å². The fraction of sp³-hybridized carbons (Fsp3) is 0.400. The number of hydrogen-bond acceptors (Lipinski definition) is 5. The van der Waals surface area contributed by atoms with Crippen molar-refractivity contribution in [2.75, 3.05) is 26.3 Å². The Kier molecular flexibility index (Phi) is 4.10. The predicted octanol–water partition coefficient (Wildman–Crippen LogP) is 2.79. The number of rotatable bonds is 3. The van der Waals surface area contributed by atoms with E-state index in [9.17, 15) is 4.79 Å². The van der Waals surface area contributed by atoms with E-state index < -0.39 is 0 Å². The minimum Gasteiger partial charge on any atom is -0.460 e. The number of para-hydroxylation sites is 1. The van der Waals surface area contributed by atoms with Crippen LogP contribution in [0.5, 0.6) is 0 Å². The summed E-state index contributed by atoms with van der Waals surface area (Å²) in [5, 5.41) is 1.21. The van der Waals surface area contributed by atoms with E-state index in [0.29, 0.717) is 19.6 Å². The normalized spacial score (nSPS) is 16.6. The molecule has 4 nitrogen and oxygen atoms in total. The van der Waals surface area contributed by atoms with Gasteiger partial charge in [-0.2, -0.15) is 0 Å². The van der Waals surface area contributed by atoms with Crippen molar-refractivity contribution in [3.63, 3.8) is 0 Å². The predicted molar refractivity (Wildman–Crippen MR) is 79.6 cm³/mol. The second-order valence-electron chi connectivity index (χ2n) is 4.83. The van der Waals surface area contributed by atoms with Crippen LogP contribution in [0.4, 0.5) is 0 Å². The van der Waals surface area contributed by atoms with Gasteiger partial charge >= 0.3 is 0 Å². The Hall–Kier alpha value is -1.30. The lowest BCUT2D eigenvalue weighted by Crippen LogP contribution is -2.32. The van der Waals surface area contributed by atoms with E-state index in [2.05, 4.69) is 4.31 Å². The number of morpholine rings is 1. The Balaban J connectivity index is 1.69. The van der Waals surface area contributed by atoms with E-state index >= 15 is 0 Å². The Morgan fingerprint density at radius 1 is 1.30 bits per heavy atom. The number of fused-ring (bicyclic) bond motifs is 1. The molecule has 0 unspecified atom stereocenters. The summed E-state index contributed by atoms with van der Waals surface area (Å²) in [7, 11) is 0. The fourth-order valence-electron chi connectivity index (χ4n) is 2.34. The van der Waals surface area contributed by atoms with Crippen molar-refractivity contribution >= 4 is 28.0 Å². The first-order valence-corrected chi connectivity index (χ1v) is 7.52. The van der Waals surface area contributed by atoms with Gasteiger partial charge in [-0.3, -0.25) is 4.79 Å². The standard InChI is InChI=1S/C15H17NO3S/c1-11-12-4-2-3-5-13(12)19-14(11)10-15(17)20-16-6-8-18-9-7-16/h2-5H,6-10H2,1H3. The van der Waals surface area contributed by atoms with Crippen LogP contribution in [0, 0.1) is 6.92 Å². The highest BCUT2D eigenvalue weighted by atomic mass is 32.2. The van der Waals surface area contributed by atoms with Crippen molar-refractivity contribution in [2.24, 2.45) is 0 Å². The van der Waals surface area contributed by atoms with Gasteiger partial charge in [-0.1, -0.05) is 18.2 Å². The molecule has 0 radical (unpaired) electrons. The summed E-state index contributed by atoms with van der Waals surface area (Å²) in [5.41, 5.74) is 1.92. The van der Waals surface area contributed by atoms with Gasteiger partial charge < -0.3 is 9.15 Å². The first-order chi connectivity index (χ1) is 9.74. The molecule has 106 valence electrons. The quantitative estimate of drug-likeness (QED) is 0.814. The zero-order chi connectivity index (χ0) is 13.9. The third kappa shape index (κ3) is 2.90. The number of furan rings is 1. The number of nitrogens with zero attached hydrogens (tertiary/aromatic N) is 1. The van der Waals surface area contributed by atoms with Crippen LogP contribution in [0.25, 0.3) is 11.0 Å². The average Bonchev–Trinajstić information content (AvgIpc) is 2.77. The number of carbonyl (C=O) groups excluding carboxylic acids is 1. The second kappa shape index (κ2) is 5.99. The lowest BCUT2D eigenvalue weighted by Gasteiger charge is -2.24. The van der Waals surface area contributed by atoms with Gasteiger partial charge in [0.15, 0.2) is 0 Å². The molecule has 0 saturated carbocycles. The maximum absolute atomic E-state index is 12.1. The van der Waals surface area contributed by atoms with Crippen LogP contribution in [-0.2, 0) is 16.0 Å². The monoisotopic (exact) mass is 291 g/mol. The van der Waals surface area contributed by atoms with Crippen molar-refractivity contribution in [1.29, 1.82) is 0 Å². The average molecular weight is 291 g/mol. The minimum absolute atomic E-state index is 0.119. The van der Waals surface area contributed by atoms with Gasteiger partial charge in [-0.25, -0.2) is 4.31 Å². The third-order valence-electron chi connectivity index (χ3n) is 3.45. The lowest BCUT2D eigenvalue weighted by molar-refractivity contribution is -0.110. The lowest BCUT2D eigenvalue weighted by atomic mass is 10.1. The first kappa shape index (κ1) is 13.7. The molecule has 1 aromatic carbocycles. The van der Waals surface area contributed by atoms with Gasteiger partial charge in [0, 0.05) is 18.5 Å². The summed E-state index contributed by atoms with van der Waals surface area (Å²) in [6.45, 7) is 5.01. The molecule has 0 N–H and O–H groups in total. The van der Waals surface area contributed by atoms with Gasteiger partial charge in [-0.05, 0) is 30.5 Å². The van der Waals surface area contributed by atoms with Crippen molar-refractivity contribution < 1.29 is 13.9 Å². The van der Waals surface area contributed by atoms with Crippen LogP contribution in [0.15, 0.2) is 28.7 Å². The molecule has 0 aliphatic carbocycles. The molecular weight excluding hydrogens is 274 g/mol. The molecule has 2 heterocycles. The molecule has 1 fully saturated rings. The Bertz CT molecular complexity index is 617. The highest BCUT2D eigenvalue weighted by molar-refractivity contribution is 8.11. The number of ether oxygens (including phenoxy) is 1. The number of hydrogen-bond donors (Lipinski definition) is 0. The Morgan fingerprint density at radius 3 is 2.80 bits per heavy atom. The zero-order valence-corrected chi connectivity index (χ0v) is 12.2. The van der Waals surface area contributed by atoms with E-state index in [1.807, 2.05) is 31.2 Å². The van der Waals surface area contributed by atoms with Crippen LogP contribution < -0.4 is 0 Å². The molecule has 0 amide bonds. The van der Waals surface area contributed by atoms with Gasteiger partial charge in [0.2, 0.25) is 5.12 Å². The minimum atomic E-state index is 0.119. The summed E-state index contributed by atoms with van der Waals surface area (Å²) < 4.78 is 13.1. The van der Waals surface area contributed by atoms with Crippen LogP contribution >= 0.6 is 11.9 Å². The van der Waals surface area contributed by atoms with Gasteiger partial charge in [0.1, 0.15) is 11.3 Å². The van der Waals surface area contributed by atoms with Crippen LogP contribution in [-0.4, -0.2) is 35.7 Å².